The van der Waals surface area contributed by atoms with Crippen LogP contribution < -0.4 is 5.32 Å². The molecule has 1 N–H and O–H groups in total. The second kappa shape index (κ2) is 7.97. The van der Waals surface area contributed by atoms with Crippen molar-refractivity contribution in [3.05, 3.63) is 32.6 Å². The molecule has 0 radical (unpaired) electrons. The molecule has 1 saturated heterocycles. The highest BCUT2D eigenvalue weighted by Crippen LogP contribution is 2.34. The van der Waals surface area contributed by atoms with Crippen LogP contribution in [0.5, 0.6) is 0 Å². The van der Waals surface area contributed by atoms with Crippen LogP contribution in [0.4, 0.5) is 4.79 Å². The van der Waals surface area contributed by atoms with E-state index in [0.29, 0.717) is 23.0 Å². The van der Waals surface area contributed by atoms with Crippen LogP contribution in [-0.2, 0) is 4.74 Å². The normalized spacial score (nSPS) is 17.8. The molecule has 5 nitrogen and oxygen atoms in total. The third kappa shape index (κ3) is 5.15. The number of thiophene rings is 1. The van der Waals surface area contributed by atoms with Gasteiger partial charge in [0, 0.05) is 28.3 Å². The van der Waals surface area contributed by atoms with Gasteiger partial charge < -0.3 is 15.0 Å². The minimum absolute atomic E-state index is 0.0147. The van der Waals surface area contributed by atoms with Crippen molar-refractivity contribution in [2.24, 2.45) is 0 Å². The molecule has 0 aliphatic carbocycles. The molecule has 1 aromatic carbocycles. The number of nitrogens with zero attached hydrogens (tertiary/aromatic N) is 1. The molecule has 2 aromatic rings. The highest BCUT2D eigenvalue weighted by molar-refractivity contribution is 9.10. The highest BCUT2D eigenvalue weighted by atomic mass is 79.9. The summed E-state index contributed by atoms with van der Waals surface area (Å²) in [6.07, 6.45) is 1.23. The van der Waals surface area contributed by atoms with Crippen molar-refractivity contribution >= 4 is 61.0 Å². The Hall–Kier alpha value is -1.31. The molecule has 2 amide bonds. The van der Waals surface area contributed by atoms with Gasteiger partial charge in [0.25, 0.3) is 5.91 Å². The number of halogens is 2. The number of rotatable bonds is 2. The number of fused-ring (bicyclic) bond motifs is 1. The number of likely N-dealkylation sites (tertiary alicyclic amines) is 1. The molecule has 1 atom stereocenters. The van der Waals surface area contributed by atoms with Crippen molar-refractivity contribution in [1.82, 2.24) is 10.2 Å². The summed E-state index contributed by atoms with van der Waals surface area (Å²) in [5, 5.41) is 4.46. The standard InChI is InChI=1S/C19H22BrClN2O3S/c1-19(2,3)26-18(25)22-12-5-4-6-23(10-12)17(24)16-8-11-7-14(21)13(20)9-15(11)27-16/h7-9,12H,4-6,10H2,1-3H3,(H,22,25)/t12-/m1/s1. The maximum atomic E-state index is 12.9. The highest BCUT2D eigenvalue weighted by Gasteiger charge is 2.28. The van der Waals surface area contributed by atoms with E-state index in [1.54, 1.807) is 4.90 Å². The zero-order valence-electron chi connectivity index (χ0n) is 15.5. The topological polar surface area (TPSA) is 58.6 Å². The van der Waals surface area contributed by atoms with Gasteiger partial charge in [0.1, 0.15) is 5.60 Å². The molecule has 1 aromatic heterocycles. The molecule has 27 heavy (non-hydrogen) atoms. The fourth-order valence-corrected chi connectivity index (χ4v) is 4.77. The molecule has 8 heteroatoms. The van der Waals surface area contributed by atoms with Crippen molar-refractivity contribution in [3.63, 3.8) is 0 Å². The second-order valence-electron chi connectivity index (χ2n) is 7.65. The summed E-state index contributed by atoms with van der Waals surface area (Å²) in [6.45, 7) is 6.65. The molecule has 0 saturated carbocycles. The molecule has 146 valence electrons. The van der Waals surface area contributed by atoms with Crippen LogP contribution in [-0.4, -0.2) is 41.6 Å². The van der Waals surface area contributed by atoms with Crippen molar-refractivity contribution in [2.45, 2.75) is 45.3 Å². The number of amides is 2. The Kier molecular flexibility index (Phi) is 6.03. The SMILES string of the molecule is CC(C)(C)OC(=O)N[C@@H]1CCCN(C(=O)c2cc3cc(Cl)c(Br)cc3s2)C1. The van der Waals surface area contributed by atoms with Gasteiger partial charge in [0.15, 0.2) is 0 Å². The Balaban J connectivity index is 1.69. The van der Waals surface area contributed by atoms with E-state index in [-0.39, 0.29) is 11.9 Å². The van der Waals surface area contributed by atoms with Crippen molar-refractivity contribution in [2.75, 3.05) is 13.1 Å². The fraction of sp³-hybridized carbons (Fsp3) is 0.474. The van der Waals surface area contributed by atoms with Crippen LogP contribution in [0, 0.1) is 0 Å². The summed E-state index contributed by atoms with van der Waals surface area (Å²) >= 11 is 11.0. The zero-order chi connectivity index (χ0) is 19.8. The number of alkyl carbamates (subject to hydrolysis) is 1. The first-order valence-corrected chi connectivity index (χ1v) is 10.8. The van der Waals surface area contributed by atoms with Crippen LogP contribution in [0.15, 0.2) is 22.7 Å². The summed E-state index contributed by atoms with van der Waals surface area (Å²) in [6, 6.07) is 5.57. The molecule has 3 rings (SSSR count). The largest absolute Gasteiger partial charge is 0.444 e. The molecule has 1 aliphatic heterocycles. The van der Waals surface area contributed by atoms with Gasteiger partial charge in [-0.2, -0.15) is 0 Å². The summed E-state index contributed by atoms with van der Waals surface area (Å²) < 4.78 is 7.14. The second-order valence-corrected chi connectivity index (χ2v) is 10.00. The Morgan fingerprint density at radius 2 is 2.07 bits per heavy atom. The number of piperidine rings is 1. The van der Waals surface area contributed by atoms with Crippen LogP contribution >= 0.6 is 38.9 Å². The maximum absolute atomic E-state index is 12.9. The lowest BCUT2D eigenvalue weighted by Crippen LogP contribution is -2.50. The van der Waals surface area contributed by atoms with Crippen LogP contribution in [0.3, 0.4) is 0 Å². The third-order valence-corrected chi connectivity index (χ3v) is 6.48. The van der Waals surface area contributed by atoms with E-state index in [1.807, 2.05) is 39.0 Å². The third-order valence-electron chi connectivity index (χ3n) is 4.20. The van der Waals surface area contributed by atoms with Crippen LogP contribution in [0.2, 0.25) is 5.02 Å². The lowest BCUT2D eigenvalue weighted by molar-refractivity contribution is 0.0453. The van der Waals surface area contributed by atoms with Gasteiger partial charge in [-0.1, -0.05) is 11.6 Å². The Morgan fingerprint density at radius 3 is 2.78 bits per heavy atom. The van der Waals surface area contributed by atoms with E-state index in [4.69, 9.17) is 16.3 Å². The van der Waals surface area contributed by atoms with E-state index in [1.165, 1.54) is 11.3 Å². The number of carbonyl (C=O) groups excluding carboxylic acids is 2. The summed E-state index contributed by atoms with van der Waals surface area (Å²) in [5.74, 6) is -0.0147. The molecule has 1 aliphatic rings. The Bertz CT molecular complexity index is 839. The van der Waals surface area contributed by atoms with Gasteiger partial charge in [-0.3, -0.25) is 4.79 Å². The zero-order valence-corrected chi connectivity index (χ0v) is 18.6. The maximum Gasteiger partial charge on any atom is 0.407 e. The minimum Gasteiger partial charge on any atom is -0.444 e. The number of benzene rings is 1. The van der Waals surface area contributed by atoms with Crippen LogP contribution in [0.25, 0.3) is 10.1 Å². The predicted octanol–water partition coefficient (Wildman–Crippen LogP) is 5.45. The van der Waals surface area contributed by atoms with Gasteiger partial charge >= 0.3 is 6.09 Å². The lowest BCUT2D eigenvalue weighted by Gasteiger charge is -2.33. The van der Waals surface area contributed by atoms with E-state index in [0.717, 1.165) is 27.4 Å². The van der Waals surface area contributed by atoms with Crippen molar-refractivity contribution < 1.29 is 14.3 Å². The van der Waals surface area contributed by atoms with E-state index in [9.17, 15) is 9.59 Å². The summed E-state index contributed by atoms with van der Waals surface area (Å²) in [5.41, 5.74) is -0.541. The van der Waals surface area contributed by atoms with Gasteiger partial charge in [0.05, 0.1) is 9.90 Å². The van der Waals surface area contributed by atoms with Crippen LogP contribution in [0.1, 0.15) is 43.3 Å². The van der Waals surface area contributed by atoms with E-state index in [2.05, 4.69) is 21.2 Å². The number of ether oxygens (including phenoxy) is 1. The molecule has 0 spiro atoms. The number of carbonyl (C=O) groups is 2. The Labute approximate surface area is 176 Å². The monoisotopic (exact) mass is 472 g/mol. The fourth-order valence-electron chi connectivity index (χ4n) is 3.05. The summed E-state index contributed by atoms with van der Waals surface area (Å²) in [4.78, 5) is 27.4. The van der Waals surface area contributed by atoms with Crippen molar-refractivity contribution in [1.29, 1.82) is 0 Å². The van der Waals surface area contributed by atoms with Crippen molar-refractivity contribution in [3.8, 4) is 0 Å². The molecule has 2 heterocycles. The molecular formula is C19H22BrClN2O3S. The molecule has 1 fully saturated rings. The quantitative estimate of drug-likeness (QED) is 0.631. The Morgan fingerprint density at radius 1 is 1.33 bits per heavy atom. The lowest BCUT2D eigenvalue weighted by atomic mass is 10.1. The molecular weight excluding hydrogens is 452 g/mol. The van der Waals surface area contributed by atoms with Gasteiger partial charge in [-0.15, -0.1) is 11.3 Å². The number of nitrogens with one attached hydrogen (secondary N) is 1. The first-order chi connectivity index (χ1) is 12.6. The van der Waals surface area contributed by atoms with Gasteiger partial charge in [0.2, 0.25) is 0 Å². The average molecular weight is 474 g/mol. The minimum atomic E-state index is -0.541. The van der Waals surface area contributed by atoms with E-state index >= 15 is 0 Å². The first-order valence-electron chi connectivity index (χ1n) is 8.80. The smallest absolute Gasteiger partial charge is 0.407 e. The van der Waals surface area contributed by atoms with Gasteiger partial charge in [-0.05, 0) is 73.1 Å². The predicted molar refractivity (Wildman–Crippen MR) is 113 cm³/mol. The average Bonchev–Trinajstić information content (AvgIpc) is 2.95. The number of hydrogen-bond donors (Lipinski definition) is 1. The first kappa shape index (κ1) is 20.4. The van der Waals surface area contributed by atoms with E-state index < -0.39 is 11.7 Å². The molecule has 0 bridgehead atoms. The molecule has 0 unspecified atom stereocenters. The van der Waals surface area contributed by atoms with Gasteiger partial charge in [-0.25, -0.2) is 4.79 Å². The number of hydrogen-bond acceptors (Lipinski definition) is 4. The summed E-state index contributed by atoms with van der Waals surface area (Å²) in [7, 11) is 0.